The largest absolute Gasteiger partial charge is 0.340 e. The SMILES string of the molecule is N#Cc1cc(F)cc(C2CCc3nc(-c4ccccn4)[nH]c3C2)c1. The summed E-state index contributed by atoms with van der Waals surface area (Å²) in [4.78, 5) is 12.3. The molecule has 1 unspecified atom stereocenters. The van der Waals surface area contributed by atoms with Crippen molar-refractivity contribution in [2.24, 2.45) is 0 Å². The molecular weight excluding hydrogens is 303 g/mol. The van der Waals surface area contributed by atoms with Crippen LogP contribution in [-0.2, 0) is 12.8 Å². The Morgan fingerprint density at radius 2 is 2.17 bits per heavy atom. The molecule has 0 saturated heterocycles. The first kappa shape index (κ1) is 14.6. The molecule has 0 fully saturated rings. The fourth-order valence-corrected chi connectivity index (χ4v) is 3.30. The van der Waals surface area contributed by atoms with Crippen LogP contribution in [0.2, 0.25) is 0 Å². The van der Waals surface area contributed by atoms with Gasteiger partial charge >= 0.3 is 0 Å². The predicted octanol–water partition coefficient (Wildman–Crippen LogP) is 3.75. The molecule has 0 bridgehead atoms. The number of halogens is 1. The Labute approximate surface area is 139 Å². The summed E-state index contributed by atoms with van der Waals surface area (Å²) < 4.78 is 13.7. The molecule has 24 heavy (non-hydrogen) atoms. The number of fused-ring (bicyclic) bond motifs is 1. The van der Waals surface area contributed by atoms with Gasteiger partial charge in [0.2, 0.25) is 0 Å². The van der Waals surface area contributed by atoms with Gasteiger partial charge in [-0.05, 0) is 61.1 Å². The topological polar surface area (TPSA) is 65.4 Å². The number of hydrogen-bond acceptors (Lipinski definition) is 3. The summed E-state index contributed by atoms with van der Waals surface area (Å²) in [6.07, 6.45) is 4.24. The van der Waals surface area contributed by atoms with Crippen LogP contribution in [0.25, 0.3) is 11.5 Å². The summed E-state index contributed by atoms with van der Waals surface area (Å²) in [5.41, 5.74) is 4.21. The summed E-state index contributed by atoms with van der Waals surface area (Å²) in [6.45, 7) is 0. The lowest BCUT2D eigenvalue weighted by Crippen LogP contribution is -2.13. The average molecular weight is 318 g/mol. The van der Waals surface area contributed by atoms with Gasteiger partial charge in [0.05, 0.1) is 17.3 Å². The van der Waals surface area contributed by atoms with E-state index in [2.05, 4.69) is 15.0 Å². The van der Waals surface area contributed by atoms with Gasteiger partial charge < -0.3 is 4.98 Å². The van der Waals surface area contributed by atoms with Crippen LogP contribution in [0.5, 0.6) is 0 Å². The summed E-state index contributed by atoms with van der Waals surface area (Å²) in [6, 6.07) is 12.3. The van der Waals surface area contributed by atoms with Gasteiger partial charge in [-0.25, -0.2) is 9.37 Å². The van der Waals surface area contributed by atoms with Crippen molar-refractivity contribution in [3.63, 3.8) is 0 Å². The minimum absolute atomic E-state index is 0.192. The van der Waals surface area contributed by atoms with Crippen LogP contribution in [0.1, 0.15) is 34.9 Å². The fourth-order valence-electron chi connectivity index (χ4n) is 3.30. The Kier molecular flexibility index (Phi) is 3.58. The zero-order valence-corrected chi connectivity index (χ0v) is 13.0. The van der Waals surface area contributed by atoms with E-state index in [9.17, 15) is 4.39 Å². The maximum atomic E-state index is 13.7. The minimum Gasteiger partial charge on any atom is -0.340 e. The van der Waals surface area contributed by atoms with E-state index < -0.39 is 0 Å². The quantitative estimate of drug-likeness (QED) is 0.782. The molecule has 118 valence electrons. The zero-order chi connectivity index (χ0) is 16.5. The maximum absolute atomic E-state index is 13.7. The third kappa shape index (κ3) is 2.67. The van der Waals surface area contributed by atoms with Crippen molar-refractivity contribution in [3.8, 4) is 17.6 Å². The molecule has 1 aliphatic carbocycles. The molecule has 0 spiro atoms. The monoisotopic (exact) mass is 318 g/mol. The highest BCUT2D eigenvalue weighted by molar-refractivity contribution is 5.50. The van der Waals surface area contributed by atoms with E-state index in [1.807, 2.05) is 24.3 Å². The van der Waals surface area contributed by atoms with Crippen molar-refractivity contribution in [1.82, 2.24) is 15.0 Å². The van der Waals surface area contributed by atoms with E-state index >= 15 is 0 Å². The number of H-pyrrole nitrogens is 1. The fraction of sp³-hybridized carbons (Fsp3) is 0.211. The highest BCUT2D eigenvalue weighted by Crippen LogP contribution is 2.33. The van der Waals surface area contributed by atoms with Crippen molar-refractivity contribution < 1.29 is 4.39 Å². The predicted molar refractivity (Wildman–Crippen MR) is 87.7 cm³/mol. The highest BCUT2D eigenvalue weighted by atomic mass is 19.1. The second-order valence-corrected chi connectivity index (χ2v) is 6.05. The number of nitriles is 1. The lowest BCUT2D eigenvalue weighted by Gasteiger charge is -2.21. The van der Waals surface area contributed by atoms with Gasteiger partial charge in [0.15, 0.2) is 5.82 Å². The molecule has 1 N–H and O–H groups in total. The van der Waals surface area contributed by atoms with Crippen LogP contribution in [0, 0.1) is 17.1 Å². The molecule has 3 aromatic rings. The Balaban J connectivity index is 1.64. The average Bonchev–Trinajstić information content (AvgIpc) is 3.05. The molecular formula is C19H15FN4. The molecule has 4 rings (SSSR count). The second kappa shape index (κ2) is 5.89. The molecule has 1 atom stereocenters. The van der Waals surface area contributed by atoms with Crippen LogP contribution in [0.3, 0.4) is 0 Å². The Morgan fingerprint density at radius 1 is 1.25 bits per heavy atom. The molecule has 0 aliphatic heterocycles. The van der Waals surface area contributed by atoms with E-state index in [-0.39, 0.29) is 11.7 Å². The van der Waals surface area contributed by atoms with Gasteiger partial charge in [-0.1, -0.05) is 6.07 Å². The van der Waals surface area contributed by atoms with Crippen LogP contribution < -0.4 is 0 Å². The molecule has 0 saturated carbocycles. The Morgan fingerprint density at radius 3 is 2.96 bits per heavy atom. The van der Waals surface area contributed by atoms with Crippen molar-refractivity contribution in [3.05, 3.63) is 70.9 Å². The number of rotatable bonds is 2. The molecule has 5 heteroatoms. The maximum Gasteiger partial charge on any atom is 0.156 e. The molecule has 0 amide bonds. The summed E-state index contributed by atoms with van der Waals surface area (Å²) in [5.74, 6) is 0.615. The zero-order valence-electron chi connectivity index (χ0n) is 13.0. The lowest BCUT2D eigenvalue weighted by molar-refractivity contribution is 0.563. The van der Waals surface area contributed by atoms with Gasteiger partial charge in [0, 0.05) is 11.9 Å². The third-order valence-electron chi connectivity index (χ3n) is 4.47. The smallest absolute Gasteiger partial charge is 0.156 e. The minimum atomic E-state index is -0.353. The Hall–Kier alpha value is -3.00. The number of aromatic nitrogens is 3. The van der Waals surface area contributed by atoms with Crippen molar-refractivity contribution in [2.45, 2.75) is 25.2 Å². The molecule has 4 nitrogen and oxygen atoms in total. The number of benzene rings is 1. The molecule has 1 aromatic carbocycles. The second-order valence-electron chi connectivity index (χ2n) is 6.05. The number of nitrogens with zero attached hydrogens (tertiary/aromatic N) is 3. The van der Waals surface area contributed by atoms with E-state index in [0.717, 1.165) is 47.7 Å². The standard InChI is InChI=1S/C19H15FN4/c20-15-8-12(11-21)7-14(9-15)13-4-5-16-18(10-13)24-19(23-16)17-3-1-2-6-22-17/h1-3,6-9,13H,4-5,10H2,(H,23,24). The highest BCUT2D eigenvalue weighted by Gasteiger charge is 2.24. The van der Waals surface area contributed by atoms with Crippen LogP contribution >= 0.6 is 0 Å². The molecule has 2 aromatic heterocycles. The van der Waals surface area contributed by atoms with Crippen LogP contribution in [0.4, 0.5) is 4.39 Å². The number of pyridine rings is 1. The van der Waals surface area contributed by atoms with Gasteiger partial charge in [0.25, 0.3) is 0 Å². The van der Waals surface area contributed by atoms with Crippen molar-refractivity contribution in [1.29, 1.82) is 5.26 Å². The van der Waals surface area contributed by atoms with E-state index in [1.54, 1.807) is 12.3 Å². The van der Waals surface area contributed by atoms with Crippen molar-refractivity contribution in [2.75, 3.05) is 0 Å². The van der Waals surface area contributed by atoms with Gasteiger partial charge in [-0.15, -0.1) is 0 Å². The first-order valence-corrected chi connectivity index (χ1v) is 7.92. The first-order valence-electron chi connectivity index (χ1n) is 7.92. The number of nitrogens with one attached hydrogen (secondary N) is 1. The van der Waals surface area contributed by atoms with Gasteiger partial charge in [-0.2, -0.15) is 5.26 Å². The van der Waals surface area contributed by atoms with Crippen LogP contribution in [0.15, 0.2) is 42.6 Å². The number of aryl methyl sites for hydroxylation is 1. The molecule has 2 heterocycles. The number of imidazole rings is 1. The third-order valence-corrected chi connectivity index (χ3v) is 4.47. The summed E-state index contributed by atoms with van der Waals surface area (Å²) in [5, 5.41) is 9.03. The van der Waals surface area contributed by atoms with Gasteiger partial charge in [-0.3, -0.25) is 4.98 Å². The summed E-state index contributed by atoms with van der Waals surface area (Å²) >= 11 is 0. The molecule has 1 aliphatic rings. The van der Waals surface area contributed by atoms with E-state index in [0.29, 0.717) is 5.56 Å². The number of aromatic amines is 1. The normalized spacial score (nSPS) is 16.4. The van der Waals surface area contributed by atoms with E-state index in [1.165, 1.54) is 12.1 Å². The molecule has 0 radical (unpaired) electrons. The first-order chi connectivity index (χ1) is 11.7. The number of hydrogen-bond donors (Lipinski definition) is 1. The lowest BCUT2D eigenvalue weighted by atomic mass is 9.84. The van der Waals surface area contributed by atoms with Gasteiger partial charge in [0.1, 0.15) is 11.5 Å². The van der Waals surface area contributed by atoms with Crippen molar-refractivity contribution >= 4 is 0 Å². The Bertz CT molecular complexity index is 924. The summed E-state index contributed by atoms with van der Waals surface area (Å²) in [7, 11) is 0. The van der Waals surface area contributed by atoms with Crippen LogP contribution in [-0.4, -0.2) is 15.0 Å². The van der Waals surface area contributed by atoms with E-state index in [4.69, 9.17) is 5.26 Å².